The fourth-order valence-electron chi connectivity index (χ4n) is 1.44. The summed E-state index contributed by atoms with van der Waals surface area (Å²) in [6.07, 6.45) is 0.126. The van der Waals surface area contributed by atoms with E-state index in [1.807, 2.05) is 13.8 Å². The Morgan fingerprint density at radius 2 is 1.85 bits per heavy atom. The summed E-state index contributed by atoms with van der Waals surface area (Å²) in [5.41, 5.74) is 0.521. The first kappa shape index (κ1) is 17.2. The molecule has 0 bridgehead atoms. The van der Waals surface area contributed by atoms with Gasteiger partial charge in [0.2, 0.25) is 0 Å². The van der Waals surface area contributed by atoms with Crippen molar-refractivity contribution in [3.8, 4) is 5.75 Å². The SMILES string of the molecule is CC(C)CNC(=O)C(C)Oc1c(Br)cc(C=O)cc1Br. The smallest absolute Gasteiger partial charge is 0.260 e. The van der Waals surface area contributed by atoms with Gasteiger partial charge in [-0.2, -0.15) is 0 Å². The summed E-state index contributed by atoms with van der Waals surface area (Å²) >= 11 is 6.67. The van der Waals surface area contributed by atoms with Crippen LogP contribution in [0.5, 0.6) is 5.75 Å². The molecule has 0 saturated heterocycles. The highest BCUT2D eigenvalue weighted by molar-refractivity contribution is 9.11. The standard InChI is InChI=1S/C14H17Br2NO3/c1-8(2)6-17-14(19)9(3)20-13-11(15)4-10(7-18)5-12(13)16/h4-5,7-9H,6H2,1-3H3,(H,17,19). The van der Waals surface area contributed by atoms with Crippen molar-refractivity contribution in [1.82, 2.24) is 5.32 Å². The fraction of sp³-hybridized carbons (Fsp3) is 0.429. The number of nitrogens with one attached hydrogen (secondary N) is 1. The average Bonchev–Trinajstić information content (AvgIpc) is 2.39. The largest absolute Gasteiger partial charge is 0.479 e. The highest BCUT2D eigenvalue weighted by atomic mass is 79.9. The van der Waals surface area contributed by atoms with E-state index in [2.05, 4.69) is 37.2 Å². The van der Waals surface area contributed by atoms with Gasteiger partial charge in [-0.1, -0.05) is 13.8 Å². The van der Waals surface area contributed by atoms with E-state index in [0.29, 0.717) is 32.7 Å². The van der Waals surface area contributed by atoms with Crippen LogP contribution in [0.3, 0.4) is 0 Å². The number of hydrogen-bond donors (Lipinski definition) is 1. The van der Waals surface area contributed by atoms with E-state index in [-0.39, 0.29) is 5.91 Å². The number of carbonyl (C=O) groups excluding carboxylic acids is 2. The first-order valence-electron chi connectivity index (χ1n) is 6.23. The molecule has 20 heavy (non-hydrogen) atoms. The molecule has 0 aromatic heterocycles. The number of carbonyl (C=O) groups is 2. The van der Waals surface area contributed by atoms with Gasteiger partial charge in [-0.3, -0.25) is 9.59 Å². The quantitative estimate of drug-likeness (QED) is 0.734. The Morgan fingerprint density at radius 3 is 2.30 bits per heavy atom. The lowest BCUT2D eigenvalue weighted by atomic mass is 10.2. The number of rotatable bonds is 6. The van der Waals surface area contributed by atoms with Crippen LogP contribution in [0.15, 0.2) is 21.1 Å². The summed E-state index contributed by atoms with van der Waals surface area (Å²) in [5, 5.41) is 2.81. The molecule has 1 rings (SSSR count). The number of amides is 1. The van der Waals surface area contributed by atoms with Crippen molar-refractivity contribution in [2.24, 2.45) is 5.92 Å². The molecule has 1 aromatic carbocycles. The van der Waals surface area contributed by atoms with Crippen molar-refractivity contribution in [2.75, 3.05) is 6.54 Å². The fourth-order valence-corrected chi connectivity index (χ4v) is 2.85. The molecule has 0 fully saturated rings. The minimum absolute atomic E-state index is 0.169. The van der Waals surface area contributed by atoms with Crippen molar-refractivity contribution in [3.63, 3.8) is 0 Å². The van der Waals surface area contributed by atoms with Crippen LogP contribution < -0.4 is 10.1 Å². The Morgan fingerprint density at radius 1 is 1.30 bits per heavy atom. The highest BCUT2D eigenvalue weighted by Gasteiger charge is 2.18. The zero-order valence-corrected chi connectivity index (χ0v) is 14.7. The summed E-state index contributed by atoms with van der Waals surface area (Å²) in [4.78, 5) is 22.6. The number of hydrogen-bond acceptors (Lipinski definition) is 3. The molecular formula is C14H17Br2NO3. The lowest BCUT2D eigenvalue weighted by molar-refractivity contribution is -0.127. The molecule has 1 unspecified atom stereocenters. The second-order valence-electron chi connectivity index (χ2n) is 4.83. The third kappa shape index (κ3) is 4.90. The van der Waals surface area contributed by atoms with Gasteiger partial charge in [-0.25, -0.2) is 0 Å². The molecular weight excluding hydrogens is 390 g/mol. The number of benzene rings is 1. The maximum atomic E-state index is 11.9. The summed E-state index contributed by atoms with van der Waals surface area (Å²) in [7, 11) is 0. The van der Waals surface area contributed by atoms with Crippen LogP contribution in [0, 0.1) is 5.92 Å². The molecule has 0 aliphatic carbocycles. The maximum Gasteiger partial charge on any atom is 0.260 e. The first-order chi connectivity index (χ1) is 9.35. The van der Waals surface area contributed by atoms with Crippen LogP contribution in [0.25, 0.3) is 0 Å². The van der Waals surface area contributed by atoms with Gasteiger partial charge in [0.05, 0.1) is 8.95 Å². The van der Waals surface area contributed by atoms with Crippen LogP contribution in [0.2, 0.25) is 0 Å². The van der Waals surface area contributed by atoms with Crippen LogP contribution in [0.4, 0.5) is 0 Å². The molecule has 0 spiro atoms. The summed E-state index contributed by atoms with van der Waals surface area (Å²) in [6, 6.07) is 3.29. The Bertz CT molecular complexity index is 480. The number of halogens is 2. The number of ether oxygens (including phenoxy) is 1. The highest BCUT2D eigenvalue weighted by Crippen LogP contribution is 2.35. The van der Waals surface area contributed by atoms with E-state index in [0.717, 1.165) is 6.29 Å². The van der Waals surface area contributed by atoms with E-state index < -0.39 is 6.10 Å². The Hall–Kier alpha value is -0.880. The van der Waals surface area contributed by atoms with Crippen LogP contribution in [-0.2, 0) is 4.79 Å². The first-order valence-corrected chi connectivity index (χ1v) is 7.82. The predicted molar refractivity (Wildman–Crippen MR) is 85.2 cm³/mol. The molecule has 0 radical (unpaired) electrons. The van der Waals surface area contributed by atoms with E-state index in [1.165, 1.54) is 0 Å². The molecule has 6 heteroatoms. The molecule has 0 aliphatic rings. The van der Waals surface area contributed by atoms with Crippen molar-refractivity contribution in [2.45, 2.75) is 26.9 Å². The summed E-state index contributed by atoms with van der Waals surface area (Å²) < 4.78 is 6.89. The van der Waals surface area contributed by atoms with Crippen molar-refractivity contribution in [3.05, 3.63) is 26.6 Å². The lowest BCUT2D eigenvalue weighted by Gasteiger charge is -2.17. The van der Waals surface area contributed by atoms with Gasteiger partial charge in [0, 0.05) is 12.1 Å². The zero-order chi connectivity index (χ0) is 15.3. The monoisotopic (exact) mass is 405 g/mol. The van der Waals surface area contributed by atoms with E-state index in [1.54, 1.807) is 19.1 Å². The second kappa shape index (κ2) is 7.78. The van der Waals surface area contributed by atoms with E-state index in [9.17, 15) is 9.59 Å². The Labute approximate surface area is 135 Å². The van der Waals surface area contributed by atoms with Gasteiger partial charge < -0.3 is 10.1 Å². The molecule has 110 valence electrons. The van der Waals surface area contributed by atoms with Crippen molar-refractivity contribution in [1.29, 1.82) is 0 Å². The lowest BCUT2D eigenvalue weighted by Crippen LogP contribution is -2.38. The number of aldehydes is 1. The van der Waals surface area contributed by atoms with Crippen LogP contribution in [-0.4, -0.2) is 24.8 Å². The average molecular weight is 407 g/mol. The van der Waals surface area contributed by atoms with Gasteiger partial charge in [0.25, 0.3) is 5.91 Å². The van der Waals surface area contributed by atoms with Gasteiger partial charge in [-0.05, 0) is 56.8 Å². The third-order valence-corrected chi connectivity index (χ3v) is 3.68. The van der Waals surface area contributed by atoms with Gasteiger partial charge in [0.15, 0.2) is 6.10 Å². The molecule has 1 N–H and O–H groups in total. The maximum absolute atomic E-state index is 11.9. The normalized spacial score (nSPS) is 12.1. The van der Waals surface area contributed by atoms with Gasteiger partial charge in [0.1, 0.15) is 12.0 Å². The molecule has 4 nitrogen and oxygen atoms in total. The summed E-state index contributed by atoms with van der Waals surface area (Å²) in [6.45, 7) is 6.34. The van der Waals surface area contributed by atoms with Crippen LogP contribution in [0.1, 0.15) is 31.1 Å². The third-order valence-electron chi connectivity index (χ3n) is 2.51. The van der Waals surface area contributed by atoms with E-state index in [4.69, 9.17) is 4.74 Å². The zero-order valence-electron chi connectivity index (χ0n) is 11.6. The Kier molecular flexibility index (Phi) is 6.68. The van der Waals surface area contributed by atoms with Crippen molar-refractivity contribution < 1.29 is 14.3 Å². The minimum atomic E-state index is -0.622. The molecule has 0 heterocycles. The molecule has 0 aliphatic heterocycles. The van der Waals surface area contributed by atoms with Gasteiger partial charge >= 0.3 is 0 Å². The van der Waals surface area contributed by atoms with Crippen LogP contribution >= 0.6 is 31.9 Å². The Balaban J connectivity index is 2.77. The summed E-state index contributed by atoms with van der Waals surface area (Å²) in [5.74, 6) is 0.719. The predicted octanol–water partition coefficient (Wildman–Crippen LogP) is 3.56. The van der Waals surface area contributed by atoms with E-state index >= 15 is 0 Å². The molecule has 1 amide bonds. The van der Waals surface area contributed by atoms with Crippen molar-refractivity contribution >= 4 is 44.1 Å². The van der Waals surface area contributed by atoms with Gasteiger partial charge in [-0.15, -0.1) is 0 Å². The topological polar surface area (TPSA) is 55.4 Å². The second-order valence-corrected chi connectivity index (χ2v) is 6.54. The molecule has 1 aromatic rings. The molecule has 1 atom stereocenters. The minimum Gasteiger partial charge on any atom is -0.479 e. The molecule has 0 saturated carbocycles.